The molecule has 0 bridgehead atoms. The molecule has 0 saturated heterocycles. The molecular weight excluding hydrogens is 260 g/mol. The molecule has 6 nitrogen and oxygen atoms in total. The van der Waals surface area contributed by atoms with Crippen LogP contribution in [0.25, 0.3) is 0 Å². The average Bonchev–Trinajstić information content (AvgIpc) is 2.47. The zero-order valence-electron chi connectivity index (χ0n) is 11.6. The lowest BCUT2D eigenvalue weighted by Crippen LogP contribution is -2.35. The van der Waals surface area contributed by atoms with Gasteiger partial charge in [0.2, 0.25) is 5.91 Å². The average molecular weight is 280 g/mol. The van der Waals surface area contributed by atoms with Gasteiger partial charge < -0.3 is 24.8 Å². The first-order valence-electron chi connectivity index (χ1n) is 6.64. The lowest BCUT2D eigenvalue weighted by molar-refractivity contribution is -0.120. The molecule has 1 heterocycles. The maximum Gasteiger partial charge on any atom is 0.234 e. The summed E-state index contributed by atoms with van der Waals surface area (Å²) in [6.07, 6.45) is 0. The van der Waals surface area contributed by atoms with Gasteiger partial charge in [0.15, 0.2) is 11.5 Å². The van der Waals surface area contributed by atoms with Crippen molar-refractivity contribution in [3.05, 3.63) is 23.8 Å². The summed E-state index contributed by atoms with van der Waals surface area (Å²) < 4.78 is 15.8. The van der Waals surface area contributed by atoms with Crippen molar-refractivity contribution in [2.75, 3.05) is 40.0 Å². The third-order valence-electron chi connectivity index (χ3n) is 2.85. The predicted molar refractivity (Wildman–Crippen MR) is 74.0 cm³/mol. The van der Waals surface area contributed by atoms with Crippen LogP contribution >= 0.6 is 0 Å². The quantitative estimate of drug-likeness (QED) is 0.704. The Labute approximate surface area is 118 Å². The van der Waals surface area contributed by atoms with Crippen LogP contribution in [0.3, 0.4) is 0 Å². The number of fused-ring (bicyclic) bond motifs is 1. The van der Waals surface area contributed by atoms with E-state index in [1.165, 1.54) is 0 Å². The van der Waals surface area contributed by atoms with Gasteiger partial charge in [0.25, 0.3) is 0 Å². The van der Waals surface area contributed by atoms with Crippen LogP contribution in [0.1, 0.15) is 5.56 Å². The molecule has 0 fully saturated rings. The van der Waals surface area contributed by atoms with Crippen LogP contribution in [-0.4, -0.2) is 45.9 Å². The van der Waals surface area contributed by atoms with E-state index in [1.807, 2.05) is 18.2 Å². The second kappa shape index (κ2) is 7.72. The first kappa shape index (κ1) is 14.6. The van der Waals surface area contributed by atoms with E-state index in [-0.39, 0.29) is 12.5 Å². The maximum absolute atomic E-state index is 11.5. The summed E-state index contributed by atoms with van der Waals surface area (Å²) in [6.45, 7) is 3.10. The molecule has 0 aromatic heterocycles. The molecule has 0 aliphatic carbocycles. The maximum atomic E-state index is 11.5. The number of benzene rings is 1. The molecule has 110 valence electrons. The Kier molecular flexibility index (Phi) is 5.64. The van der Waals surface area contributed by atoms with Crippen LogP contribution in [0.2, 0.25) is 0 Å². The van der Waals surface area contributed by atoms with E-state index in [0.717, 1.165) is 17.1 Å². The summed E-state index contributed by atoms with van der Waals surface area (Å²) >= 11 is 0. The molecule has 1 aliphatic heterocycles. The van der Waals surface area contributed by atoms with E-state index in [2.05, 4.69) is 10.6 Å². The number of hydrogen-bond donors (Lipinski definition) is 2. The van der Waals surface area contributed by atoms with Gasteiger partial charge in [-0.05, 0) is 17.7 Å². The molecule has 0 saturated carbocycles. The van der Waals surface area contributed by atoms with Crippen molar-refractivity contribution in [2.45, 2.75) is 6.54 Å². The summed E-state index contributed by atoms with van der Waals surface area (Å²) in [4.78, 5) is 11.5. The number of carbonyl (C=O) groups excluding carboxylic acids is 1. The van der Waals surface area contributed by atoms with Crippen LogP contribution in [-0.2, 0) is 16.1 Å². The number of methoxy groups -OCH3 is 1. The van der Waals surface area contributed by atoms with E-state index in [0.29, 0.717) is 32.9 Å². The van der Waals surface area contributed by atoms with Gasteiger partial charge in [-0.25, -0.2) is 0 Å². The van der Waals surface area contributed by atoms with Gasteiger partial charge in [0.1, 0.15) is 13.2 Å². The number of nitrogens with one attached hydrogen (secondary N) is 2. The molecule has 2 rings (SSSR count). The Morgan fingerprint density at radius 1 is 1.30 bits per heavy atom. The SMILES string of the molecule is COCCNC(=O)CNCc1ccc2c(c1)OCCO2. The highest BCUT2D eigenvalue weighted by atomic mass is 16.6. The lowest BCUT2D eigenvalue weighted by Gasteiger charge is -2.18. The molecule has 0 radical (unpaired) electrons. The molecule has 0 spiro atoms. The largest absolute Gasteiger partial charge is 0.486 e. The smallest absolute Gasteiger partial charge is 0.234 e. The molecule has 1 amide bonds. The van der Waals surface area contributed by atoms with Crippen molar-refractivity contribution in [2.24, 2.45) is 0 Å². The van der Waals surface area contributed by atoms with Crippen molar-refractivity contribution in [3.8, 4) is 11.5 Å². The normalized spacial score (nSPS) is 13.1. The second-order valence-corrected chi connectivity index (χ2v) is 4.42. The second-order valence-electron chi connectivity index (χ2n) is 4.42. The zero-order chi connectivity index (χ0) is 14.2. The van der Waals surface area contributed by atoms with Crippen LogP contribution in [0.4, 0.5) is 0 Å². The first-order chi connectivity index (χ1) is 9.79. The number of carbonyl (C=O) groups is 1. The van der Waals surface area contributed by atoms with Crippen LogP contribution in [0, 0.1) is 0 Å². The van der Waals surface area contributed by atoms with Gasteiger partial charge in [-0.3, -0.25) is 4.79 Å². The highest BCUT2D eigenvalue weighted by Gasteiger charge is 2.11. The molecular formula is C14H20N2O4. The Morgan fingerprint density at radius 3 is 2.90 bits per heavy atom. The van der Waals surface area contributed by atoms with Crippen molar-refractivity contribution >= 4 is 5.91 Å². The molecule has 6 heteroatoms. The standard InChI is InChI=1S/C14H20N2O4/c1-18-5-4-16-14(17)10-15-9-11-2-3-12-13(8-11)20-7-6-19-12/h2-3,8,15H,4-7,9-10H2,1H3,(H,16,17). The van der Waals surface area contributed by atoms with E-state index >= 15 is 0 Å². The fourth-order valence-electron chi connectivity index (χ4n) is 1.87. The fourth-order valence-corrected chi connectivity index (χ4v) is 1.87. The van der Waals surface area contributed by atoms with Crippen LogP contribution in [0.5, 0.6) is 11.5 Å². The Hall–Kier alpha value is -1.79. The minimum atomic E-state index is -0.0420. The summed E-state index contributed by atoms with van der Waals surface area (Å²) in [7, 11) is 1.60. The lowest BCUT2D eigenvalue weighted by atomic mass is 10.2. The van der Waals surface area contributed by atoms with E-state index < -0.39 is 0 Å². The third kappa shape index (κ3) is 4.40. The van der Waals surface area contributed by atoms with Gasteiger partial charge in [0.05, 0.1) is 13.2 Å². The van der Waals surface area contributed by atoms with E-state index in [9.17, 15) is 4.79 Å². The molecule has 1 aliphatic rings. The van der Waals surface area contributed by atoms with Crippen molar-refractivity contribution < 1.29 is 19.0 Å². The number of ether oxygens (including phenoxy) is 3. The van der Waals surface area contributed by atoms with Gasteiger partial charge in [0, 0.05) is 20.2 Å². The Balaban J connectivity index is 1.72. The topological polar surface area (TPSA) is 68.8 Å². The summed E-state index contributed by atoms with van der Waals surface area (Å²) in [5.74, 6) is 1.50. The number of amides is 1. The first-order valence-corrected chi connectivity index (χ1v) is 6.64. The van der Waals surface area contributed by atoms with Gasteiger partial charge in [-0.2, -0.15) is 0 Å². The monoisotopic (exact) mass is 280 g/mol. The van der Waals surface area contributed by atoms with E-state index in [1.54, 1.807) is 7.11 Å². The number of rotatable bonds is 7. The van der Waals surface area contributed by atoms with E-state index in [4.69, 9.17) is 14.2 Å². The Morgan fingerprint density at radius 2 is 2.10 bits per heavy atom. The summed E-state index contributed by atoms with van der Waals surface area (Å²) in [6, 6.07) is 5.79. The van der Waals surface area contributed by atoms with Crippen molar-refractivity contribution in [1.82, 2.24) is 10.6 Å². The number of hydrogen-bond acceptors (Lipinski definition) is 5. The van der Waals surface area contributed by atoms with Gasteiger partial charge in [-0.15, -0.1) is 0 Å². The highest BCUT2D eigenvalue weighted by Crippen LogP contribution is 2.30. The highest BCUT2D eigenvalue weighted by molar-refractivity contribution is 5.77. The fraction of sp³-hybridized carbons (Fsp3) is 0.500. The summed E-state index contributed by atoms with van der Waals surface area (Å²) in [5.41, 5.74) is 1.05. The van der Waals surface area contributed by atoms with Crippen molar-refractivity contribution in [3.63, 3.8) is 0 Å². The van der Waals surface area contributed by atoms with Crippen LogP contribution in [0.15, 0.2) is 18.2 Å². The van der Waals surface area contributed by atoms with Crippen LogP contribution < -0.4 is 20.1 Å². The zero-order valence-corrected chi connectivity index (χ0v) is 11.6. The van der Waals surface area contributed by atoms with Crippen molar-refractivity contribution in [1.29, 1.82) is 0 Å². The van der Waals surface area contributed by atoms with Gasteiger partial charge in [-0.1, -0.05) is 6.07 Å². The minimum Gasteiger partial charge on any atom is -0.486 e. The predicted octanol–water partition coefficient (Wildman–Crippen LogP) is 0.310. The molecule has 2 N–H and O–H groups in total. The molecule has 0 atom stereocenters. The molecule has 1 aromatic carbocycles. The molecule has 1 aromatic rings. The summed E-state index contributed by atoms with van der Waals surface area (Å²) in [5, 5.41) is 5.83. The molecule has 20 heavy (non-hydrogen) atoms. The third-order valence-corrected chi connectivity index (χ3v) is 2.85. The minimum absolute atomic E-state index is 0.0420. The molecule has 0 unspecified atom stereocenters. The van der Waals surface area contributed by atoms with Gasteiger partial charge >= 0.3 is 0 Å². The Bertz CT molecular complexity index is 451.